The molecule has 2 amide bonds. The molecule has 1 fully saturated rings. The van der Waals surface area contributed by atoms with Gasteiger partial charge in [-0.25, -0.2) is 13.2 Å². The number of hydrogen-bond acceptors (Lipinski definition) is 4. The average molecular weight is 310 g/mol. The first-order valence-electron chi connectivity index (χ1n) is 6.54. The van der Waals surface area contributed by atoms with E-state index in [1.807, 2.05) is 0 Å². The summed E-state index contributed by atoms with van der Waals surface area (Å²) >= 11 is 0. The Balaban J connectivity index is 2.00. The van der Waals surface area contributed by atoms with Gasteiger partial charge >= 0.3 is 6.03 Å². The number of carbonyl (C=O) groups excluding carboxylic acids is 2. The molecule has 1 atom stereocenters. The van der Waals surface area contributed by atoms with E-state index in [4.69, 9.17) is 0 Å². The molecule has 0 aliphatic carbocycles. The van der Waals surface area contributed by atoms with Crippen molar-refractivity contribution >= 4 is 27.3 Å². The van der Waals surface area contributed by atoms with Crippen LogP contribution in [0.1, 0.15) is 31.1 Å². The predicted octanol–water partition coefficient (Wildman–Crippen LogP) is 1.59. The van der Waals surface area contributed by atoms with Gasteiger partial charge in [0.2, 0.25) is 0 Å². The number of nitrogens with one attached hydrogen (secondary N) is 2. The number of amides is 2. The maximum Gasteiger partial charge on any atom is 0.319 e. The summed E-state index contributed by atoms with van der Waals surface area (Å²) in [4.78, 5) is 23.2. The van der Waals surface area contributed by atoms with Gasteiger partial charge < -0.3 is 10.6 Å². The molecule has 6 nitrogen and oxygen atoms in total. The molecule has 114 valence electrons. The average Bonchev–Trinajstić information content (AvgIpc) is 2.38. The molecule has 1 aliphatic rings. The Bertz CT molecular complexity index is 695. The standard InChI is InChI=1S/C14H18N2O4S/c1-9(17)10-5-4-6-11(7-10)15-13(18)16-12-8-21(19,20)14(12,2)3/h4-7,12H,8H2,1-3H3,(H2,15,16,18)/t12-/m0/s1. The van der Waals surface area contributed by atoms with Gasteiger partial charge in [0.1, 0.15) is 0 Å². The van der Waals surface area contributed by atoms with Gasteiger partial charge in [-0.3, -0.25) is 4.79 Å². The highest BCUT2D eigenvalue weighted by Gasteiger charge is 2.54. The molecule has 7 heteroatoms. The molecule has 0 radical (unpaired) electrons. The number of rotatable bonds is 3. The fraction of sp³-hybridized carbons (Fsp3) is 0.429. The van der Waals surface area contributed by atoms with Gasteiger partial charge in [0.25, 0.3) is 0 Å². The molecule has 0 aromatic heterocycles. The van der Waals surface area contributed by atoms with E-state index in [1.54, 1.807) is 38.1 Å². The quantitative estimate of drug-likeness (QED) is 0.829. The van der Waals surface area contributed by atoms with Crippen LogP contribution in [0.15, 0.2) is 24.3 Å². The number of Topliss-reactive ketones (excluding diaryl/α,β-unsaturated/α-hetero) is 1. The van der Waals surface area contributed by atoms with Crippen molar-refractivity contribution in [2.24, 2.45) is 0 Å². The summed E-state index contributed by atoms with van der Waals surface area (Å²) in [6, 6.07) is 5.67. The van der Waals surface area contributed by atoms with Gasteiger partial charge in [-0.2, -0.15) is 0 Å². The van der Waals surface area contributed by atoms with Crippen molar-refractivity contribution in [1.29, 1.82) is 0 Å². The second kappa shape index (κ2) is 5.14. The molecule has 2 N–H and O–H groups in total. The van der Waals surface area contributed by atoms with Crippen molar-refractivity contribution in [3.8, 4) is 0 Å². The van der Waals surface area contributed by atoms with E-state index in [9.17, 15) is 18.0 Å². The van der Waals surface area contributed by atoms with Crippen molar-refractivity contribution < 1.29 is 18.0 Å². The molecule has 1 aromatic carbocycles. The summed E-state index contributed by atoms with van der Waals surface area (Å²) in [6.07, 6.45) is 0. The normalized spacial score (nSPS) is 22.0. The topological polar surface area (TPSA) is 92.3 Å². The Morgan fingerprint density at radius 1 is 1.29 bits per heavy atom. The van der Waals surface area contributed by atoms with Gasteiger partial charge in [-0.15, -0.1) is 0 Å². The van der Waals surface area contributed by atoms with Gasteiger partial charge in [0.05, 0.1) is 16.5 Å². The van der Waals surface area contributed by atoms with Crippen LogP contribution < -0.4 is 10.6 Å². The second-order valence-corrected chi connectivity index (χ2v) is 8.29. The summed E-state index contributed by atoms with van der Waals surface area (Å²) in [7, 11) is -3.13. The van der Waals surface area contributed by atoms with Crippen molar-refractivity contribution in [3.05, 3.63) is 29.8 Å². The fourth-order valence-electron chi connectivity index (χ4n) is 2.11. The van der Waals surface area contributed by atoms with Crippen LogP contribution in [0.3, 0.4) is 0 Å². The maximum absolute atomic E-state index is 11.9. The lowest BCUT2D eigenvalue weighted by atomic mass is 10.0. The highest BCUT2D eigenvalue weighted by Crippen LogP contribution is 2.33. The summed E-state index contributed by atoms with van der Waals surface area (Å²) in [6.45, 7) is 4.63. The zero-order valence-electron chi connectivity index (χ0n) is 12.1. The minimum absolute atomic E-state index is 0.0547. The van der Waals surface area contributed by atoms with Crippen LogP contribution >= 0.6 is 0 Å². The zero-order chi connectivity index (χ0) is 15.8. The van der Waals surface area contributed by atoms with E-state index in [0.717, 1.165) is 0 Å². The van der Waals surface area contributed by atoms with Crippen LogP contribution in [0.2, 0.25) is 0 Å². The van der Waals surface area contributed by atoms with Gasteiger partial charge in [-0.05, 0) is 32.9 Å². The summed E-state index contributed by atoms with van der Waals surface area (Å²) in [5.74, 6) is -0.147. The molecule has 0 spiro atoms. The lowest BCUT2D eigenvalue weighted by Crippen LogP contribution is -2.67. The van der Waals surface area contributed by atoms with Crippen LogP contribution in [0.4, 0.5) is 10.5 Å². The van der Waals surface area contributed by atoms with Crippen molar-refractivity contribution in [2.45, 2.75) is 31.6 Å². The smallest absolute Gasteiger partial charge is 0.319 e. The summed E-state index contributed by atoms with van der Waals surface area (Å²) in [5, 5.41) is 5.25. The number of benzene rings is 1. The molecule has 21 heavy (non-hydrogen) atoms. The first-order chi connectivity index (χ1) is 9.63. The number of hydrogen-bond donors (Lipinski definition) is 2. The summed E-state index contributed by atoms with van der Waals surface area (Å²) in [5.41, 5.74) is 0.986. The Morgan fingerprint density at radius 3 is 2.48 bits per heavy atom. The third-order valence-corrected chi connectivity index (χ3v) is 6.52. The Morgan fingerprint density at radius 2 is 1.95 bits per heavy atom. The molecule has 0 saturated carbocycles. The number of sulfone groups is 1. The van der Waals surface area contributed by atoms with Gasteiger partial charge in [0, 0.05) is 11.3 Å². The third kappa shape index (κ3) is 2.92. The van der Waals surface area contributed by atoms with Crippen molar-refractivity contribution in [1.82, 2.24) is 5.32 Å². The third-order valence-electron chi connectivity index (χ3n) is 3.86. The minimum Gasteiger partial charge on any atom is -0.333 e. The highest BCUT2D eigenvalue weighted by atomic mass is 32.2. The number of ketones is 1. The summed E-state index contributed by atoms with van der Waals surface area (Å²) < 4.78 is 22.2. The van der Waals surface area contributed by atoms with Crippen molar-refractivity contribution in [3.63, 3.8) is 0 Å². The van der Waals surface area contributed by atoms with Crippen LogP contribution in [0.25, 0.3) is 0 Å². The first-order valence-corrected chi connectivity index (χ1v) is 8.19. The predicted molar refractivity (Wildman–Crippen MR) is 80.3 cm³/mol. The highest BCUT2D eigenvalue weighted by molar-refractivity contribution is 7.94. The zero-order valence-corrected chi connectivity index (χ0v) is 13.0. The Labute approximate surface area is 123 Å². The molecular weight excluding hydrogens is 292 g/mol. The minimum atomic E-state index is -3.13. The molecule has 0 bridgehead atoms. The SMILES string of the molecule is CC(=O)c1cccc(NC(=O)N[C@H]2CS(=O)(=O)C2(C)C)c1. The van der Waals surface area contributed by atoms with Crippen LogP contribution in [0, 0.1) is 0 Å². The van der Waals surface area contributed by atoms with Crippen molar-refractivity contribution in [2.75, 3.05) is 11.1 Å². The lowest BCUT2D eigenvalue weighted by molar-refractivity contribution is 0.101. The number of carbonyl (C=O) groups is 2. The van der Waals surface area contributed by atoms with E-state index < -0.39 is 26.7 Å². The molecule has 1 aliphatic heterocycles. The Hall–Kier alpha value is -1.89. The molecule has 1 heterocycles. The molecular formula is C14H18N2O4S. The van der Waals surface area contributed by atoms with E-state index >= 15 is 0 Å². The van der Waals surface area contributed by atoms with E-state index in [2.05, 4.69) is 10.6 Å². The van der Waals surface area contributed by atoms with Crippen LogP contribution in [-0.4, -0.2) is 36.8 Å². The molecule has 0 unspecified atom stereocenters. The van der Waals surface area contributed by atoms with Crippen LogP contribution in [0.5, 0.6) is 0 Å². The Kier molecular flexibility index (Phi) is 3.79. The first kappa shape index (κ1) is 15.5. The molecule has 2 rings (SSSR count). The molecule has 1 saturated heterocycles. The van der Waals surface area contributed by atoms with E-state index in [-0.39, 0.29) is 11.5 Å². The largest absolute Gasteiger partial charge is 0.333 e. The monoisotopic (exact) mass is 310 g/mol. The fourth-order valence-corrected chi connectivity index (χ4v) is 3.76. The van der Waals surface area contributed by atoms with Gasteiger partial charge in [0.15, 0.2) is 15.6 Å². The van der Waals surface area contributed by atoms with Gasteiger partial charge in [-0.1, -0.05) is 12.1 Å². The molecule has 1 aromatic rings. The van der Waals surface area contributed by atoms with E-state index in [1.165, 1.54) is 6.92 Å². The van der Waals surface area contributed by atoms with Crippen LogP contribution in [-0.2, 0) is 9.84 Å². The number of anilines is 1. The maximum atomic E-state index is 11.9. The van der Waals surface area contributed by atoms with E-state index in [0.29, 0.717) is 11.3 Å². The lowest BCUT2D eigenvalue weighted by Gasteiger charge is -2.43. The number of urea groups is 1. The second-order valence-electron chi connectivity index (χ2n) is 5.67.